The zero-order chi connectivity index (χ0) is 18.4. The van der Waals surface area contributed by atoms with Crippen LogP contribution in [-0.4, -0.2) is 46.8 Å². The van der Waals surface area contributed by atoms with Crippen LogP contribution in [0.15, 0.2) is 66.7 Å². The number of carbonyl (C=O) groups is 1. The fourth-order valence-electron chi connectivity index (χ4n) is 3.48. The molecule has 0 aliphatic carbocycles. The Morgan fingerprint density at radius 1 is 1.04 bits per heavy atom. The standard InChI is InChI=1S/C22H25NO3/c24-21-13-15-23(16-20(21)22(25)26)14-7-12-19(17-8-3-1-4-9-17)18-10-5-2-6-11-18/h1-6,8-12,20-21,24H,7,13-16H2,(H,25,26)/t20-,21+/m1/s1. The summed E-state index contributed by atoms with van der Waals surface area (Å²) in [5.41, 5.74) is 3.55. The van der Waals surface area contributed by atoms with Crippen molar-refractivity contribution in [3.05, 3.63) is 77.9 Å². The van der Waals surface area contributed by atoms with E-state index in [9.17, 15) is 15.0 Å². The lowest BCUT2D eigenvalue weighted by atomic mass is 9.94. The molecular weight excluding hydrogens is 326 g/mol. The summed E-state index contributed by atoms with van der Waals surface area (Å²) < 4.78 is 0. The Hall–Kier alpha value is -2.43. The number of aliphatic carboxylic acids is 1. The van der Waals surface area contributed by atoms with E-state index in [1.807, 2.05) is 36.4 Å². The molecule has 0 bridgehead atoms. The first-order chi connectivity index (χ1) is 12.6. The van der Waals surface area contributed by atoms with Crippen LogP contribution in [0.4, 0.5) is 0 Å². The van der Waals surface area contributed by atoms with Crippen molar-refractivity contribution in [2.24, 2.45) is 5.92 Å². The molecule has 1 fully saturated rings. The largest absolute Gasteiger partial charge is 0.481 e. The van der Waals surface area contributed by atoms with Gasteiger partial charge in [-0.3, -0.25) is 4.79 Å². The number of aliphatic hydroxyl groups excluding tert-OH is 1. The monoisotopic (exact) mass is 351 g/mol. The van der Waals surface area contributed by atoms with Gasteiger partial charge in [-0.2, -0.15) is 0 Å². The van der Waals surface area contributed by atoms with Crippen molar-refractivity contribution in [3.8, 4) is 0 Å². The molecule has 2 aromatic carbocycles. The maximum atomic E-state index is 11.3. The minimum absolute atomic E-state index is 0.413. The average Bonchev–Trinajstić information content (AvgIpc) is 2.67. The van der Waals surface area contributed by atoms with Crippen LogP contribution in [0.5, 0.6) is 0 Å². The highest BCUT2D eigenvalue weighted by atomic mass is 16.4. The number of likely N-dealkylation sites (tertiary alicyclic amines) is 1. The lowest BCUT2D eigenvalue weighted by Crippen LogP contribution is -2.46. The molecule has 1 aliphatic heterocycles. The van der Waals surface area contributed by atoms with Gasteiger partial charge in [0.1, 0.15) is 0 Å². The van der Waals surface area contributed by atoms with Gasteiger partial charge in [-0.05, 0) is 29.5 Å². The molecule has 136 valence electrons. The molecule has 2 aromatic rings. The Kier molecular flexibility index (Phi) is 6.21. The number of aliphatic hydroxyl groups is 1. The number of carboxylic acids is 1. The molecule has 0 aromatic heterocycles. The quantitative estimate of drug-likeness (QED) is 0.838. The fourth-order valence-corrected chi connectivity index (χ4v) is 3.48. The van der Waals surface area contributed by atoms with E-state index in [4.69, 9.17) is 0 Å². The van der Waals surface area contributed by atoms with Gasteiger partial charge in [0.15, 0.2) is 0 Å². The van der Waals surface area contributed by atoms with E-state index in [-0.39, 0.29) is 0 Å². The topological polar surface area (TPSA) is 60.8 Å². The molecule has 1 heterocycles. The minimum Gasteiger partial charge on any atom is -0.481 e. The van der Waals surface area contributed by atoms with Gasteiger partial charge in [0.25, 0.3) is 0 Å². The van der Waals surface area contributed by atoms with Crippen LogP contribution in [0.3, 0.4) is 0 Å². The highest BCUT2D eigenvalue weighted by Crippen LogP contribution is 2.24. The second kappa shape index (κ2) is 8.79. The van der Waals surface area contributed by atoms with Crippen molar-refractivity contribution < 1.29 is 15.0 Å². The van der Waals surface area contributed by atoms with Gasteiger partial charge in [0.05, 0.1) is 12.0 Å². The van der Waals surface area contributed by atoms with Gasteiger partial charge in [0.2, 0.25) is 0 Å². The van der Waals surface area contributed by atoms with Crippen LogP contribution in [0, 0.1) is 5.92 Å². The highest BCUT2D eigenvalue weighted by molar-refractivity contribution is 5.79. The molecular formula is C22H25NO3. The summed E-state index contributed by atoms with van der Waals surface area (Å²) in [6.45, 7) is 1.95. The van der Waals surface area contributed by atoms with Crippen molar-refractivity contribution in [2.45, 2.75) is 18.9 Å². The summed E-state index contributed by atoms with van der Waals surface area (Å²) in [4.78, 5) is 13.4. The van der Waals surface area contributed by atoms with Gasteiger partial charge in [-0.15, -0.1) is 0 Å². The molecule has 1 aliphatic rings. The van der Waals surface area contributed by atoms with Crippen molar-refractivity contribution >= 4 is 11.5 Å². The Labute approximate surface area is 154 Å². The molecule has 0 spiro atoms. The summed E-state index contributed by atoms with van der Waals surface area (Å²) in [7, 11) is 0. The molecule has 4 nitrogen and oxygen atoms in total. The maximum Gasteiger partial charge on any atom is 0.310 e. The predicted molar refractivity (Wildman–Crippen MR) is 103 cm³/mol. The third kappa shape index (κ3) is 4.59. The van der Waals surface area contributed by atoms with Gasteiger partial charge >= 0.3 is 5.97 Å². The molecule has 4 heteroatoms. The predicted octanol–water partition coefficient (Wildman–Crippen LogP) is 3.28. The van der Waals surface area contributed by atoms with E-state index >= 15 is 0 Å². The Balaban J connectivity index is 1.71. The molecule has 0 amide bonds. The first-order valence-corrected chi connectivity index (χ1v) is 9.09. The van der Waals surface area contributed by atoms with E-state index in [1.54, 1.807) is 0 Å². The van der Waals surface area contributed by atoms with Crippen LogP contribution >= 0.6 is 0 Å². The maximum absolute atomic E-state index is 11.3. The summed E-state index contributed by atoms with van der Waals surface area (Å²) in [5, 5.41) is 19.1. The smallest absolute Gasteiger partial charge is 0.310 e. The van der Waals surface area contributed by atoms with Crippen molar-refractivity contribution in [1.29, 1.82) is 0 Å². The number of rotatable bonds is 6. The number of piperidine rings is 1. The van der Waals surface area contributed by atoms with Crippen molar-refractivity contribution in [1.82, 2.24) is 4.90 Å². The normalized spacial score (nSPS) is 20.5. The lowest BCUT2D eigenvalue weighted by Gasteiger charge is -2.33. The van der Waals surface area contributed by atoms with Crippen LogP contribution in [0.2, 0.25) is 0 Å². The number of hydrogen-bond donors (Lipinski definition) is 2. The summed E-state index contributed by atoms with van der Waals surface area (Å²) in [5.74, 6) is -1.59. The summed E-state index contributed by atoms with van der Waals surface area (Å²) in [6, 6.07) is 20.6. The van der Waals surface area contributed by atoms with Crippen molar-refractivity contribution in [3.63, 3.8) is 0 Å². The van der Waals surface area contributed by atoms with Crippen LogP contribution in [-0.2, 0) is 4.79 Å². The highest BCUT2D eigenvalue weighted by Gasteiger charge is 2.32. The van der Waals surface area contributed by atoms with Crippen molar-refractivity contribution in [2.75, 3.05) is 19.6 Å². The molecule has 0 unspecified atom stereocenters. The lowest BCUT2D eigenvalue weighted by molar-refractivity contribution is -0.148. The second-order valence-corrected chi connectivity index (χ2v) is 6.74. The first kappa shape index (κ1) is 18.4. The minimum atomic E-state index is -0.910. The number of benzene rings is 2. The van der Waals surface area contributed by atoms with Crippen LogP contribution in [0.1, 0.15) is 24.0 Å². The van der Waals surface area contributed by atoms with E-state index in [0.29, 0.717) is 13.0 Å². The molecule has 0 radical (unpaired) electrons. The number of carboxylic acid groups (broad SMARTS) is 1. The van der Waals surface area contributed by atoms with E-state index < -0.39 is 18.0 Å². The Bertz CT molecular complexity index is 701. The number of nitrogens with zero attached hydrogens (tertiary/aromatic N) is 1. The summed E-state index contributed by atoms with van der Waals surface area (Å²) >= 11 is 0. The van der Waals surface area contributed by atoms with E-state index in [2.05, 4.69) is 35.2 Å². The average molecular weight is 351 g/mol. The summed E-state index contributed by atoms with van der Waals surface area (Å²) in [6.07, 6.45) is 2.85. The molecule has 26 heavy (non-hydrogen) atoms. The van der Waals surface area contributed by atoms with Crippen LogP contribution in [0.25, 0.3) is 5.57 Å². The van der Waals surface area contributed by atoms with Gasteiger partial charge < -0.3 is 15.1 Å². The first-order valence-electron chi connectivity index (χ1n) is 9.09. The van der Waals surface area contributed by atoms with Crippen LogP contribution < -0.4 is 0 Å². The number of hydrogen-bond acceptors (Lipinski definition) is 3. The van der Waals surface area contributed by atoms with E-state index in [1.165, 1.54) is 16.7 Å². The Morgan fingerprint density at radius 3 is 2.15 bits per heavy atom. The molecule has 1 saturated heterocycles. The molecule has 3 rings (SSSR count). The molecule has 2 N–H and O–H groups in total. The third-order valence-corrected chi connectivity index (χ3v) is 4.94. The van der Waals surface area contributed by atoms with Gasteiger partial charge in [0, 0.05) is 19.6 Å². The molecule has 0 saturated carbocycles. The van der Waals surface area contributed by atoms with Gasteiger partial charge in [-0.1, -0.05) is 66.7 Å². The molecule has 2 atom stereocenters. The van der Waals surface area contributed by atoms with Gasteiger partial charge in [-0.25, -0.2) is 0 Å². The zero-order valence-electron chi connectivity index (χ0n) is 14.8. The zero-order valence-corrected chi connectivity index (χ0v) is 14.8. The second-order valence-electron chi connectivity index (χ2n) is 6.74. The third-order valence-electron chi connectivity index (χ3n) is 4.94. The van der Waals surface area contributed by atoms with E-state index in [0.717, 1.165) is 19.5 Å². The SMILES string of the molecule is O=C(O)[C@@H]1CN(CCC=C(c2ccccc2)c2ccccc2)CC[C@@H]1O. The fraction of sp³-hybridized carbons (Fsp3) is 0.318. The Morgan fingerprint density at radius 2 is 1.62 bits per heavy atom.